The van der Waals surface area contributed by atoms with Gasteiger partial charge < -0.3 is 10.4 Å². The number of rotatable bonds is 8. The van der Waals surface area contributed by atoms with Crippen LogP contribution >= 0.6 is 11.3 Å². The number of hydrogen-bond donors (Lipinski definition) is 2. The summed E-state index contributed by atoms with van der Waals surface area (Å²) < 4.78 is 0. The third kappa shape index (κ3) is 5.99. The van der Waals surface area contributed by atoms with Gasteiger partial charge in [-0.2, -0.15) is 0 Å². The van der Waals surface area contributed by atoms with E-state index in [0.717, 1.165) is 29.5 Å². The average Bonchev–Trinajstić information content (AvgIpc) is 2.84. The lowest BCUT2D eigenvalue weighted by Gasteiger charge is -2.19. The van der Waals surface area contributed by atoms with Crippen molar-refractivity contribution in [3.63, 3.8) is 0 Å². The standard InChI is InChI=1S/C14H20N2O3S/c1-3-6-16(9-13(17)15-2)8-12-7-11(10-20-12)4-5-14(18)19/h4-5,7,10H,3,6,8-9H2,1-2H3,(H,15,17)(H,18,19). The Labute approximate surface area is 122 Å². The van der Waals surface area contributed by atoms with E-state index in [1.807, 2.05) is 11.4 Å². The maximum absolute atomic E-state index is 11.4. The highest BCUT2D eigenvalue weighted by Crippen LogP contribution is 2.18. The van der Waals surface area contributed by atoms with Gasteiger partial charge in [0.15, 0.2) is 0 Å². The molecular weight excluding hydrogens is 276 g/mol. The second-order valence-corrected chi connectivity index (χ2v) is 5.40. The summed E-state index contributed by atoms with van der Waals surface area (Å²) in [6, 6.07) is 1.95. The molecule has 0 unspecified atom stereocenters. The van der Waals surface area contributed by atoms with Crippen LogP contribution in [0.15, 0.2) is 17.5 Å². The number of carbonyl (C=O) groups excluding carboxylic acids is 1. The molecule has 0 aromatic carbocycles. The number of likely N-dealkylation sites (N-methyl/N-ethyl adjacent to an activating group) is 1. The van der Waals surface area contributed by atoms with Crippen molar-refractivity contribution in [3.05, 3.63) is 28.0 Å². The van der Waals surface area contributed by atoms with E-state index in [2.05, 4.69) is 17.1 Å². The zero-order valence-electron chi connectivity index (χ0n) is 11.8. The predicted octanol–water partition coefficient (Wildman–Crippen LogP) is 1.80. The van der Waals surface area contributed by atoms with Crippen LogP contribution in [0, 0.1) is 0 Å². The molecule has 0 spiro atoms. The Kier molecular flexibility index (Phi) is 6.97. The first-order valence-electron chi connectivity index (χ1n) is 6.46. The van der Waals surface area contributed by atoms with Crippen LogP contribution in [-0.4, -0.2) is 42.0 Å². The summed E-state index contributed by atoms with van der Waals surface area (Å²) in [6.07, 6.45) is 3.68. The van der Waals surface area contributed by atoms with Crippen LogP contribution < -0.4 is 5.32 Å². The summed E-state index contributed by atoms with van der Waals surface area (Å²) in [5, 5.41) is 13.1. The molecule has 110 valence electrons. The fourth-order valence-electron chi connectivity index (χ4n) is 1.77. The third-order valence-electron chi connectivity index (χ3n) is 2.66. The van der Waals surface area contributed by atoms with Gasteiger partial charge in [-0.3, -0.25) is 9.69 Å². The third-order valence-corrected chi connectivity index (χ3v) is 3.60. The molecule has 0 aliphatic heterocycles. The highest BCUT2D eigenvalue weighted by molar-refractivity contribution is 7.10. The first kappa shape index (κ1) is 16.4. The van der Waals surface area contributed by atoms with Crippen LogP contribution in [0.5, 0.6) is 0 Å². The van der Waals surface area contributed by atoms with E-state index in [-0.39, 0.29) is 5.91 Å². The van der Waals surface area contributed by atoms with Crippen molar-refractivity contribution < 1.29 is 14.7 Å². The molecule has 0 saturated heterocycles. The molecule has 20 heavy (non-hydrogen) atoms. The molecule has 1 amide bonds. The molecule has 0 atom stereocenters. The van der Waals surface area contributed by atoms with Gasteiger partial charge in [0.1, 0.15) is 0 Å². The van der Waals surface area contributed by atoms with Crippen LogP contribution in [0.1, 0.15) is 23.8 Å². The Bertz CT molecular complexity index is 483. The van der Waals surface area contributed by atoms with Crippen molar-refractivity contribution in [2.45, 2.75) is 19.9 Å². The number of hydrogen-bond acceptors (Lipinski definition) is 4. The number of aliphatic carboxylic acids is 1. The minimum atomic E-state index is -0.954. The summed E-state index contributed by atoms with van der Waals surface area (Å²) in [7, 11) is 1.63. The summed E-state index contributed by atoms with van der Waals surface area (Å²) >= 11 is 1.57. The largest absolute Gasteiger partial charge is 0.478 e. The quantitative estimate of drug-likeness (QED) is 0.718. The van der Waals surface area contributed by atoms with Crippen LogP contribution in [0.2, 0.25) is 0 Å². The smallest absolute Gasteiger partial charge is 0.328 e. The molecule has 0 aliphatic carbocycles. The zero-order valence-corrected chi connectivity index (χ0v) is 12.6. The molecule has 0 fully saturated rings. The van der Waals surface area contributed by atoms with Crippen LogP contribution in [0.4, 0.5) is 0 Å². The van der Waals surface area contributed by atoms with Crippen LogP contribution in [-0.2, 0) is 16.1 Å². The molecule has 5 nitrogen and oxygen atoms in total. The highest BCUT2D eigenvalue weighted by Gasteiger charge is 2.10. The molecule has 1 aromatic heterocycles. The van der Waals surface area contributed by atoms with Gasteiger partial charge in [-0.05, 0) is 36.1 Å². The Balaban J connectivity index is 2.64. The van der Waals surface area contributed by atoms with E-state index in [1.165, 1.54) is 0 Å². The topological polar surface area (TPSA) is 69.6 Å². The van der Waals surface area contributed by atoms with Crippen molar-refractivity contribution in [3.8, 4) is 0 Å². The van der Waals surface area contributed by atoms with Gasteiger partial charge in [0.05, 0.1) is 6.54 Å². The maximum Gasteiger partial charge on any atom is 0.328 e. The summed E-state index contributed by atoms with van der Waals surface area (Å²) in [6.45, 7) is 4.01. The second kappa shape index (κ2) is 8.50. The fraction of sp³-hybridized carbons (Fsp3) is 0.429. The van der Waals surface area contributed by atoms with Crippen molar-refractivity contribution in [1.29, 1.82) is 0 Å². The number of carboxylic acids is 1. The van der Waals surface area contributed by atoms with Crippen molar-refractivity contribution in [2.24, 2.45) is 0 Å². The Hall–Kier alpha value is -1.66. The highest BCUT2D eigenvalue weighted by atomic mass is 32.1. The van der Waals surface area contributed by atoms with Gasteiger partial charge in [0.25, 0.3) is 0 Å². The lowest BCUT2D eigenvalue weighted by atomic mass is 10.2. The van der Waals surface area contributed by atoms with Gasteiger partial charge in [0.2, 0.25) is 5.91 Å². The SMILES string of the molecule is CCCN(CC(=O)NC)Cc1cc(C=CC(=O)O)cs1. The van der Waals surface area contributed by atoms with E-state index < -0.39 is 5.97 Å². The number of carboxylic acid groups (broad SMARTS) is 1. The van der Waals surface area contributed by atoms with Crippen LogP contribution in [0.25, 0.3) is 6.08 Å². The minimum Gasteiger partial charge on any atom is -0.478 e. The molecule has 0 saturated carbocycles. The molecule has 1 rings (SSSR count). The summed E-state index contributed by atoms with van der Waals surface area (Å²) in [4.78, 5) is 25.1. The van der Waals surface area contributed by atoms with Crippen LogP contribution in [0.3, 0.4) is 0 Å². The number of nitrogens with one attached hydrogen (secondary N) is 1. The van der Waals surface area contributed by atoms with E-state index in [4.69, 9.17) is 5.11 Å². The molecular formula is C14H20N2O3S. The van der Waals surface area contributed by atoms with Gasteiger partial charge >= 0.3 is 5.97 Å². The number of carbonyl (C=O) groups is 2. The van der Waals surface area contributed by atoms with Crippen molar-refractivity contribution in [1.82, 2.24) is 10.2 Å². The first-order valence-corrected chi connectivity index (χ1v) is 7.34. The number of amides is 1. The zero-order chi connectivity index (χ0) is 15.0. The van der Waals surface area contributed by atoms with Gasteiger partial charge in [-0.1, -0.05) is 6.92 Å². The minimum absolute atomic E-state index is 0.000928. The Morgan fingerprint density at radius 3 is 2.85 bits per heavy atom. The summed E-state index contributed by atoms with van der Waals surface area (Å²) in [5.41, 5.74) is 0.879. The van der Waals surface area contributed by atoms with Gasteiger partial charge in [-0.25, -0.2) is 4.79 Å². The van der Waals surface area contributed by atoms with E-state index in [9.17, 15) is 9.59 Å². The molecule has 1 aromatic rings. The lowest BCUT2D eigenvalue weighted by molar-refractivity contribution is -0.131. The maximum atomic E-state index is 11.4. The Morgan fingerprint density at radius 2 is 2.25 bits per heavy atom. The normalized spacial score (nSPS) is 11.2. The second-order valence-electron chi connectivity index (χ2n) is 4.40. The first-order chi connectivity index (χ1) is 9.55. The fourth-order valence-corrected chi connectivity index (χ4v) is 2.66. The van der Waals surface area contributed by atoms with Gasteiger partial charge in [0, 0.05) is 24.5 Å². The summed E-state index contributed by atoms with van der Waals surface area (Å²) in [5.74, 6) is -0.953. The Morgan fingerprint density at radius 1 is 1.50 bits per heavy atom. The van der Waals surface area contributed by atoms with E-state index >= 15 is 0 Å². The lowest BCUT2D eigenvalue weighted by Crippen LogP contribution is -2.35. The van der Waals surface area contributed by atoms with Crippen molar-refractivity contribution in [2.75, 3.05) is 20.1 Å². The monoisotopic (exact) mass is 296 g/mol. The molecule has 1 heterocycles. The molecule has 6 heteroatoms. The molecule has 0 aliphatic rings. The molecule has 0 radical (unpaired) electrons. The number of nitrogens with zero attached hydrogens (tertiary/aromatic N) is 1. The molecule has 2 N–H and O–H groups in total. The van der Waals surface area contributed by atoms with Crippen molar-refractivity contribution >= 4 is 29.3 Å². The average molecular weight is 296 g/mol. The van der Waals surface area contributed by atoms with E-state index in [0.29, 0.717) is 13.1 Å². The number of thiophene rings is 1. The van der Waals surface area contributed by atoms with Gasteiger partial charge in [-0.15, -0.1) is 11.3 Å². The predicted molar refractivity (Wildman–Crippen MR) is 80.6 cm³/mol. The molecule has 0 bridgehead atoms. The van der Waals surface area contributed by atoms with E-state index in [1.54, 1.807) is 24.5 Å².